The van der Waals surface area contributed by atoms with Gasteiger partial charge in [0.1, 0.15) is 5.75 Å². The number of aliphatic hydroxyl groups excluding tert-OH is 1. The molecule has 1 aromatic carbocycles. The molecule has 1 heterocycles. The van der Waals surface area contributed by atoms with Crippen LogP contribution in [0.15, 0.2) is 24.3 Å². The summed E-state index contributed by atoms with van der Waals surface area (Å²) in [7, 11) is 1.72. The van der Waals surface area contributed by atoms with Gasteiger partial charge in [-0.1, -0.05) is 64.2 Å². The first-order chi connectivity index (χ1) is 12.8. The maximum absolute atomic E-state index is 8.74. The molecule has 0 amide bonds. The van der Waals surface area contributed by atoms with Crippen molar-refractivity contribution in [2.24, 2.45) is 0 Å². The van der Waals surface area contributed by atoms with Crippen LogP contribution >= 0.6 is 0 Å². The van der Waals surface area contributed by atoms with Crippen LogP contribution in [0.5, 0.6) is 5.75 Å². The minimum absolute atomic E-state index is 0.356. The molecule has 0 aliphatic carbocycles. The molecule has 1 aromatic heterocycles. The van der Waals surface area contributed by atoms with Gasteiger partial charge in [0.15, 0.2) is 0 Å². The number of aromatic amines is 1. The molecule has 0 atom stereocenters. The van der Waals surface area contributed by atoms with Crippen LogP contribution in [-0.2, 0) is 6.42 Å². The van der Waals surface area contributed by atoms with E-state index in [-0.39, 0.29) is 0 Å². The van der Waals surface area contributed by atoms with Gasteiger partial charge in [0.25, 0.3) is 0 Å². The molecule has 0 aliphatic heterocycles. The molecule has 26 heavy (non-hydrogen) atoms. The summed E-state index contributed by atoms with van der Waals surface area (Å²) in [5, 5.41) is 9.98. The molecule has 0 saturated carbocycles. The van der Waals surface area contributed by atoms with Crippen LogP contribution in [0.2, 0.25) is 0 Å². The first-order valence-corrected chi connectivity index (χ1v) is 10.6. The number of benzene rings is 1. The van der Waals surface area contributed by atoms with E-state index in [1.54, 1.807) is 7.11 Å². The monoisotopic (exact) mass is 359 g/mol. The Morgan fingerprint density at radius 1 is 0.769 bits per heavy atom. The highest BCUT2D eigenvalue weighted by molar-refractivity contribution is 5.81. The van der Waals surface area contributed by atoms with Crippen molar-refractivity contribution in [3.63, 3.8) is 0 Å². The van der Waals surface area contributed by atoms with E-state index in [2.05, 4.69) is 23.2 Å². The number of hydrogen-bond acceptors (Lipinski definition) is 2. The zero-order valence-corrected chi connectivity index (χ0v) is 16.6. The molecule has 3 heteroatoms. The van der Waals surface area contributed by atoms with Gasteiger partial charge in [-0.25, -0.2) is 0 Å². The second-order valence-corrected chi connectivity index (χ2v) is 7.46. The lowest BCUT2D eigenvalue weighted by molar-refractivity contribution is 0.282. The number of aryl methyl sites for hydroxylation is 1. The van der Waals surface area contributed by atoms with E-state index in [0.717, 1.165) is 18.6 Å². The second kappa shape index (κ2) is 12.8. The van der Waals surface area contributed by atoms with Crippen LogP contribution in [0.4, 0.5) is 0 Å². The van der Waals surface area contributed by atoms with E-state index < -0.39 is 0 Å². The Balaban J connectivity index is 1.46. The molecule has 146 valence electrons. The highest BCUT2D eigenvalue weighted by atomic mass is 16.5. The van der Waals surface area contributed by atoms with Gasteiger partial charge < -0.3 is 14.8 Å². The Labute approximate surface area is 159 Å². The number of ether oxygens (including phenoxy) is 1. The summed E-state index contributed by atoms with van der Waals surface area (Å²) in [4.78, 5) is 3.52. The normalized spacial score (nSPS) is 11.3. The summed E-state index contributed by atoms with van der Waals surface area (Å²) in [5.41, 5.74) is 2.55. The Bertz CT molecular complexity index is 605. The number of unbranched alkanes of at least 4 members (excludes halogenated alkanes) is 11. The van der Waals surface area contributed by atoms with Gasteiger partial charge in [-0.05, 0) is 43.5 Å². The molecule has 2 aromatic rings. The van der Waals surface area contributed by atoms with Crippen LogP contribution in [0, 0.1) is 0 Å². The lowest BCUT2D eigenvalue weighted by atomic mass is 10.0. The fourth-order valence-electron chi connectivity index (χ4n) is 3.63. The van der Waals surface area contributed by atoms with Crippen LogP contribution in [-0.4, -0.2) is 23.8 Å². The number of aliphatic hydroxyl groups is 1. The van der Waals surface area contributed by atoms with Crippen molar-refractivity contribution in [1.82, 2.24) is 4.98 Å². The highest BCUT2D eigenvalue weighted by Crippen LogP contribution is 2.22. The third-order valence-corrected chi connectivity index (χ3v) is 5.24. The zero-order chi connectivity index (χ0) is 18.5. The standard InChI is InChI=1S/C23H37NO2/c1-26-22-15-16-23-20(19-22)18-21(24-23)14-12-10-8-6-4-2-3-5-7-9-11-13-17-25/h15-16,18-19,24-25H,2-14,17H2,1H3. The summed E-state index contributed by atoms with van der Waals surface area (Å²) < 4.78 is 5.29. The van der Waals surface area contributed by atoms with E-state index in [9.17, 15) is 0 Å². The topological polar surface area (TPSA) is 45.2 Å². The van der Waals surface area contributed by atoms with E-state index in [1.807, 2.05) is 6.07 Å². The quantitative estimate of drug-likeness (QED) is 0.362. The first kappa shape index (κ1) is 20.8. The lowest BCUT2D eigenvalue weighted by Gasteiger charge is -2.03. The Morgan fingerprint density at radius 3 is 1.92 bits per heavy atom. The van der Waals surface area contributed by atoms with Gasteiger partial charge in [0.05, 0.1) is 7.11 Å². The molecule has 0 fully saturated rings. The van der Waals surface area contributed by atoms with Crippen molar-refractivity contribution in [1.29, 1.82) is 0 Å². The van der Waals surface area contributed by atoms with E-state index in [0.29, 0.717) is 6.61 Å². The molecule has 3 nitrogen and oxygen atoms in total. The molecule has 0 aliphatic rings. The van der Waals surface area contributed by atoms with Crippen LogP contribution in [0.25, 0.3) is 10.9 Å². The molecular formula is C23H37NO2. The summed E-state index contributed by atoms with van der Waals surface area (Å²) >= 11 is 0. The van der Waals surface area contributed by atoms with Crippen LogP contribution in [0.1, 0.15) is 82.7 Å². The molecule has 0 radical (unpaired) electrons. The number of rotatable bonds is 15. The fraction of sp³-hybridized carbons (Fsp3) is 0.652. The van der Waals surface area contributed by atoms with Crippen molar-refractivity contribution >= 4 is 10.9 Å². The maximum atomic E-state index is 8.74. The number of methoxy groups -OCH3 is 1. The van der Waals surface area contributed by atoms with Gasteiger partial charge in [0.2, 0.25) is 0 Å². The van der Waals surface area contributed by atoms with Gasteiger partial charge in [-0.3, -0.25) is 0 Å². The van der Waals surface area contributed by atoms with Crippen molar-refractivity contribution in [3.8, 4) is 5.75 Å². The second-order valence-electron chi connectivity index (χ2n) is 7.46. The average molecular weight is 360 g/mol. The Kier molecular flexibility index (Phi) is 10.3. The summed E-state index contributed by atoms with van der Waals surface area (Å²) in [6, 6.07) is 8.47. The van der Waals surface area contributed by atoms with Crippen LogP contribution in [0.3, 0.4) is 0 Å². The van der Waals surface area contributed by atoms with Gasteiger partial charge in [-0.2, -0.15) is 0 Å². The van der Waals surface area contributed by atoms with Gasteiger partial charge in [-0.15, -0.1) is 0 Å². The SMILES string of the molecule is COc1ccc2[nH]c(CCCCCCCCCCCCCCO)cc2c1. The highest BCUT2D eigenvalue weighted by Gasteiger charge is 2.02. The number of fused-ring (bicyclic) bond motifs is 1. The summed E-state index contributed by atoms with van der Waals surface area (Å²) in [6.45, 7) is 0.356. The number of hydrogen-bond donors (Lipinski definition) is 2. The fourth-order valence-corrected chi connectivity index (χ4v) is 3.63. The molecular weight excluding hydrogens is 322 g/mol. The Morgan fingerprint density at radius 2 is 1.35 bits per heavy atom. The summed E-state index contributed by atoms with van der Waals surface area (Å²) in [5.74, 6) is 0.924. The zero-order valence-electron chi connectivity index (χ0n) is 16.6. The van der Waals surface area contributed by atoms with Crippen molar-refractivity contribution < 1.29 is 9.84 Å². The minimum atomic E-state index is 0.356. The molecule has 0 bridgehead atoms. The third kappa shape index (κ3) is 7.82. The minimum Gasteiger partial charge on any atom is -0.497 e. The number of aromatic nitrogens is 1. The largest absolute Gasteiger partial charge is 0.497 e. The molecule has 2 N–H and O–H groups in total. The predicted octanol–water partition coefficient (Wildman–Crippen LogP) is 6.39. The van der Waals surface area contributed by atoms with E-state index >= 15 is 0 Å². The molecule has 2 rings (SSSR count). The first-order valence-electron chi connectivity index (χ1n) is 10.6. The average Bonchev–Trinajstić information content (AvgIpc) is 3.07. The summed E-state index contributed by atoms with van der Waals surface area (Å²) in [6.07, 6.45) is 16.9. The third-order valence-electron chi connectivity index (χ3n) is 5.24. The van der Waals surface area contributed by atoms with E-state index in [4.69, 9.17) is 9.84 Å². The van der Waals surface area contributed by atoms with Crippen molar-refractivity contribution in [2.45, 2.75) is 83.5 Å². The Hall–Kier alpha value is -1.48. The predicted molar refractivity (Wildman–Crippen MR) is 111 cm³/mol. The smallest absolute Gasteiger partial charge is 0.119 e. The number of H-pyrrole nitrogens is 1. The van der Waals surface area contributed by atoms with Crippen molar-refractivity contribution in [2.75, 3.05) is 13.7 Å². The molecule has 0 unspecified atom stereocenters. The molecule has 0 saturated heterocycles. The number of nitrogens with one attached hydrogen (secondary N) is 1. The van der Waals surface area contributed by atoms with E-state index in [1.165, 1.54) is 87.2 Å². The molecule has 0 spiro atoms. The lowest BCUT2D eigenvalue weighted by Crippen LogP contribution is -1.87. The van der Waals surface area contributed by atoms with Crippen molar-refractivity contribution in [3.05, 3.63) is 30.0 Å². The van der Waals surface area contributed by atoms with Crippen LogP contribution < -0.4 is 4.74 Å². The van der Waals surface area contributed by atoms with Gasteiger partial charge in [0, 0.05) is 23.2 Å². The van der Waals surface area contributed by atoms with Gasteiger partial charge >= 0.3 is 0 Å². The maximum Gasteiger partial charge on any atom is 0.119 e.